The van der Waals surface area contributed by atoms with Crippen molar-refractivity contribution in [2.45, 2.75) is 0 Å². The summed E-state index contributed by atoms with van der Waals surface area (Å²) in [6, 6.07) is 21.1. The highest BCUT2D eigenvalue weighted by molar-refractivity contribution is 6.13. The maximum absolute atomic E-state index is 13.7. The molecule has 0 aliphatic rings. The van der Waals surface area contributed by atoms with Crippen molar-refractivity contribution in [1.82, 2.24) is 9.38 Å². The molecule has 104 valence electrons. The molecule has 2 aromatic heterocycles. The molecule has 22 heavy (non-hydrogen) atoms. The van der Waals surface area contributed by atoms with Gasteiger partial charge in [0.1, 0.15) is 11.5 Å². The Hall–Kier alpha value is -2.94. The first-order chi connectivity index (χ1) is 10.8. The summed E-state index contributed by atoms with van der Waals surface area (Å²) in [7, 11) is 0. The lowest BCUT2D eigenvalue weighted by molar-refractivity contribution is 0.630. The number of halogens is 1. The Labute approximate surface area is 125 Å². The van der Waals surface area contributed by atoms with Crippen LogP contribution in [0, 0.1) is 5.82 Å². The third-order valence-corrected chi connectivity index (χ3v) is 4.22. The average molecular weight is 286 g/mol. The highest BCUT2D eigenvalue weighted by atomic mass is 19.1. The molecule has 0 fully saturated rings. The molecule has 0 bridgehead atoms. The van der Waals surface area contributed by atoms with Gasteiger partial charge in [0.25, 0.3) is 0 Å². The Kier molecular flexibility index (Phi) is 2.15. The molecule has 0 radical (unpaired) electrons. The van der Waals surface area contributed by atoms with Gasteiger partial charge in [0, 0.05) is 10.8 Å². The van der Waals surface area contributed by atoms with Crippen LogP contribution in [0.3, 0.4) is 0 Å². The Morgan fingerprint density at radius 1 is 0.727 bits per heavy atom. The normalized spacial score (nSPS) is 11.9. The van der Waals surface area contributed by atoms with Gasteiger partial charge in [-0.25, -0.2) is 9.37 Å². The van der Waals surface area contributed by atoms with E-state index in [0.717, 1.165) is 38.4 Å². The second-order valence-corrected chi connectivity index (χ2v) is 5.47. The number of fused-ring (bicyclic) bond motifs is 8. The van der Waals surface area contributed by atoms with Crippen molar-refractivity contribution in [3.05, 3.63) is 72.5 Å². The minimum absolute atomic E-state index is 0.224. The maximum Gasteiger partial charge on any atom is 0.146 e. The first kappa shape index (κ1) is 11.7. The maximum atomic E-state index is 13.7. The smallest absolute Gasteiger partial charge is 0.146 e. The van der Waals surface area contributed by atoms with E-state index >= 15 is 0 Å². The number of hydrogen-bond acceptors (Lipinski definition) is 1. The van der Waals surface area contributed by atoms with Gasteiger partial charge in [-0.15, -0.1) is 0 Å². The van der Waals surface area contributed by atoms with Gasteiger partial charge >= 0.3 is 0 Å². The molecule has 5 rings (SSSR count). The molecule has 0 atom stereocenters. The fraction of sp³-hybridized carbons (Fsp3) is 0. The van der Waals surface area contributed by atoms with E-state index in [9.17, 15) is 4.39 Å². The van der Waals surface area contributed by atoms with Crippen molar-refractivity contribution in [1.29, 1.82) is 0 Å². The van der Waals surface area contributed by atoms with E-state index in [1.807, 2.05) is 42.5 Å². The number of hydrogen-bond donors (Lipinski definition) is 0. The van der Waals surface area contributed by atoms with Crippen LogP contribution in [0.4, 0.5) is 4.39 Å². The van der Waals surface area contributed by atoms with Crippen LogP contribution in [0.15, 0.2) is 66.7 Å². The third-order valence-electron chi connectivity index (χ3n) is 4.22. The van der Waals surface area contributed by atoms with Crippen LogP contribution in [-0.2, 0) is 0 Å². The number of pyridine rings is 1. The molecule has 0 aliphatic heterocycles. The largest absolute Gasteiger partial charge is 0.292 e. The van der Waals surface area contributed by atoms with Gasteiger partial charge < -0.3 is 0 Å². The summed E-state index contributed by atoms with van der Waals surface area (Å²) in [5, 5.41) is 2.90. The Balaban J connectivity index is 2.22. The number of imidazole rings is 1. The minimum atomic E-state index is -0.224. The predicted octanol–water partition coefficient (Wildman–Crippen LogP) is 4.93. The zero-order valence-corrected chi connectivity index (χ0v) is 11.6. The standard InChI is InChI=1S/C19H11FN2/c20-12-9-10-14-15(11-12)13-5-1-3-7-17(13)22-18-8-4-2-6-16(18)21-19(14)22/h1-11H. The summed E-state index contributed by atoms with van der Waals surface area (Å²) in [4.78, 5) is 4.76. The van der Waals surface area contributed by atoms with Crippen molar-refractivity contribution in [3.63, 3.8) is 0 Å². The van der Waals surface area contributed by atoms with Crippen molar-refractivity contribution in [3.8, 4) is 0 Å². The zero-order chi connectivity index (χ0) is 14.7. The second kappa shape index (κ2) is 4.04. The zero-order valence-electron chi connectivity index (χ0n) is 11.6. The quantitative estimate of drug-likeness (QED) is 0.369. The first-order valence-electron chi connectivity index (χ1n) is 7.20. The molecule has 0 saturated heterocycles. The molecule has 5 aromatic rings. The van der Waals surface area contributed by atoms with Crippen molar-refractivity contribution >= 4 is 38.4 Å². The van der Waals surface area contributed by atoms with Crippen LogP contribution in [0.2, 0.25) is 0 Å². The first-order valence-corrected chi connectivity index (χ1v) is 7.20. The fourth-order valence-corrected chi connectivity index (χ4v) is 3.28. The molecule has 0 amide bonds. The average Bonchev–Trinajstić information content (AvgIpc) is 2.94. The molecule has 2 heterocycles. The van der Waals surface area contributed by atoms with Crippen LogP contribution >= 0.6 is 0 Å². The molecule has 0 N–H and O–H groups in total. The summed E-state index contributed by atoms with van der Waals surface area (Å²) in [6.45, 7) is 0. The Bertz CT molecular complexity index is 1190. The van der Waals surface area contributed by atoms with Crippen LogP contribution in [0.5, 0.6) is 0 Å². The molecule has 0 aliphatic carbocycles. The molecular formula is C19H11FN2. The molecule has 2 nitrogen and oxygen atoms in total. The van der Waals surface area contributed by atoms with Crippen LogP contribution in [0.1, 0.15) is 0 Å². The Morgan fingerprint density at radius 2 is 1.50 bits per heavy atom. The van der Waals surface area contributed by atoms with Crippen LogP contribution < -0.4 is 0 Å². The van der Waals surface area contributed by atoms with Gasteiger partial charge in [0.15, 0.2) is 0 Å². The van der Waals surface area contributed by atoms with Gasteiger partial charge in [0.05, 0.1) is 16.6 Å². The van der Waals surface area contributed by atoms with Gasteiger partial charge in [-0.05, 0) is 41.8 Å². The van der Waals surface area contributed by atoms with Gasteiger partial charge in [0.2, 0.25) is 0 Å². The fourth-order valence-electron chi connectivity index (χ4n) is 3.28. The number of nitrogens with zero attached hydrogens (tertiary/aromatic N) is 2. The number of aromatic nitrogens is 2. The highest BCUT2D eigenvalue weighted by Gasteiger charge is 2.13. The van der Waals surface area contributed by atoms with Crippen molar-refractivity contribution in [2.24, 2.45) is 0 Å². The van der Waals surface area contributed by atoms with Gasteiger partial charge in [-0.2, -0.15) is 0 Å². The monoisotopic (exact) mass is 286 g/mol. The van der Waals surface area contributed by atoms with E-state index in [1.54, 1.807) is 6.07 Å². The summed E-state index contributed by atoms with van der Waals surface area (Å²) in [6.07, 6.45) is 0. The van der Waals surface area contributed by atoms with Crippen LogP contribution in [0.25, 0.3) is 38.4 Å². The SMILES string of the molecule is Fc1ccc2c(c1)c1ccccc1n1c3ccccc3nc21. The topological polar surface area (TPSA) is 17.3 Å². The molecule has 0 spiro atoms. The lowest BCUT2D eigenvalue weighted by Crippen LogP contribution is -1.91. The number of rotatable bonds is 0. The molecule has 3 heteroatoms. The summed E-state index contributed by atoms with van der Waals surface area (Å²) >= 11 is 0. The Morgan fingerprint density at radius 3 is 2.41 bits per heavy atom. The van der Waals surface area contributed by atoms with E-state index in [-0.39, 0.29) is 5.82 Å². The van der Waals surface area contributed by atoms with Gasteiger partial charge in [-0.1, -0.05) is 30.3 Å². The van der Waals surface area contributed by atoms with E-state index in [4.69, 9.17) is 4.98 Å². The summed E-state index contributed by atoms with van der Waals surface area (Å²) in [5.41, 5.74) is 3.93. The van der Waals surface area contributed by atoms with Gasteiger partial charge in [-0.3, -0.25) is 4.40 Å². The molecule has 0 unspecified atom stereocenters. The van der Waals surface area contributed by atoms with Crippen LogP contribution in [-0.4, -0.2) is 9.38 Å². The summed E-state index contributed by atoms with van der Waals surface area (Å²) in [5.74, 6) is -0.224. The van der Waals surface area contributed by atoms with Crippen molar-refractivity contribution in [2.75, 3.05) is 0 Å². The minimum Gasteiger partial charge on any atom is -0.292 e. The molecule has 3 aromatic carbocycles. The summed E-state index contributed by atoms with van der Waals surface area (Å²) < 4.78 is 15.9. The lowest BCUT2D eigenvalue weighted by Gasteiger charge is -2.08. The predicted molar refractivity (Wildman–Crippen MR) is 87.7 cm³/mol. The molecule has 0 saturated carbocycles. The number of benzene rings is 3. The molecular weight excluding hydrogens is 275 g/mol. The third kappa shape index (κ3) is 1.40. The highest BCUT2D eigenvalue weighted by Crippen LogP contribution is 2.32. The lowest BCUT2D eigenvalue weighted by atomic mass is 10.1. The second-order valence-electron chi connectivity index (χ2n) is 5.47. The van der Waals surface area contributed by atoms with Crippen molar-refractivity contribution < 1.29 is 4.39 Å². The van der Waals surface area contributed by atoms with E-state index in [2.05, 4.69) is 16.5 Å². The number of para-hydroxylation sites is 3. The van der Waals surface area contributed by atoms with E-state index in [1.165, 1.54) is 6.07 Å². The van der Waals surface area contributed by atoms with E-state index in [0.29, 0.717) is 0 Å². The van der Waals surface area contributed by atoms with E-state index < -0.39 is 0 Å².